The van der Waals surface area contributed by atoms with Crippen LogP contribution in [0.2, 0.25) is 0 Å². The van der Waals surface area contributed by atoms with E-state index in [1.54, 1.807) is 28.9 Å². The molecule has 0 radical (unpaired) electrons. The highest BCUT2D eigenvalue weighted by molar-refractivity contribution is 5.87. The van der Waals surface area contributed by atoms with Crippen LogP contribution in [0, 0.1) is 6.92 Å². The van der Waals surface area contributed by atoms with Crippen LogP contribution < -0.4 is 0 Å². The normalized spacial score (nSPS) is 10.3. The minimum absolute atomic E-state index is 0.291. The minimum Gasteiger partial charge on any atom is -0.478 e. The molecule has 16 heavy (non-hydrogen) atoms. The predicted octanol–water partition coefficient (Wildman–Crippen LogP) is 1.33. The van der Waals surface area contributed by atoms with Gasteiger partial charge in [-0.15, -0.1) is 0 Å². The van der Waals surface area contributed by atoms with Gasteiger partial charge in [0.2, 0.25) is 0 Å². The quantitative estimate of drug-likeness (QED) is 0.842. The Morgan fingerprint density at radius 2 is 2.06 bits per heavy atom. The van der Waals surface area contributed by atoms with Gasteiger partial charge < -0.3 is 5.11 Å². The standard InChI is InChI=1S/C11H11N3O2/c1-8-12-7-13-14(8)6-9-2-4-10(5-3-9)11(15)16/h2-5,7H,6H2,1H3,(H,15,16). The summed E-state index contributed by atoms with van der Waals surface area (Å²) in [7, 11) is 0. The van der Waals surface area contributed by atoms with Crippen molar-refractivity contribution in [2.24, 2.45) is 0 Å². The SMILES string of the molecule is Cc1ncnn1Cc1ccc(C(=O)O)cc1. The zero-order valence-corrected chi connectivity index (χ0v) is 8.79. The molecule has 0 atom stereocenters. The topological polar surface area (TPSA) is 68.0 Å². The van der Waals surface area contributed by atoms with Crippen molar-refractivity contribution in [3.8, 4) is 0 Å². The molecular weight excluding hydrogens is 206 g/mol. The number of rotatable bonds is 3. The maximum atomic E-state index is 10.7. The smallest absolute Gasteiger partial charge is 0.335 e. The molecule has 5 nitrogen and oxygen atoms in total. The number of aromatic carboxylic acids is 1. The minimum atomic E-state index is -0.913. The highest BCUT2D eigenvalue weighted by Gasteiger charge is 2.03. The predicted molar refractivity (Wildman–Crippen MR) is 57.3 cm³/mol. The van der Waals surface area contributed by atoms with E-state index in [9.17, 15) is 4.79 Å². The summed E-state index contributed by atoms with van der Waals surface area (Å²) in [5.41, 5.74) is 1.29. The monoisotopic (exact) mass is 217 g/mol. The molecule has 0 saturated carbocycles. The lowest BCUT2D eigenvalue weighted by molar-refractivity contribution is 0.0697. The fourth-order valence-electron chi connectivity index (χ4n) is 1.40. The summed E-state index contributed by atoms with van der Waals surface area (Å²) in [6.07, 6.45) is 1.50. The third-order valence-corrected chi connectivity index (χ3v) is 2.34. The van der Waals surface area contributed by atoms with Gasteiger partial charge in [-0.1, -0.05) is 12.1 Å². The van der Waals surface area contributed by atoms with E-state index in [4.69, 9.17) is 5.11 Å². The van der Waals surface area contributed by atoms with Crippen LogP contribution in [0.25, 0.3) is 0 Å². The molecule has 5 heteroatoms. The Balaban J connectivity index is 2.17. The van der Waals surface area contributed by atoms with Gasteiger partial charge in [0, 0.05) is 0 Å². The highest BCUT2D eigenvalue weighted by Crippen LogP contribution is 2.06. The van der Waals surface area contributed by atoms with Crippen LogP contribution in [-0.4, -0.2) is 25.8 Å². The lowest BCUT2D eigenvalue weighted by atomic mass is 10.1. The Morgan fingerprint density at radius 1 is 1.38 bits per heavy atom. The molecule has 0 bridgehead atoms. The van der Waals surface area contributed by atoms with Crippen LogP contribution >= 0.6 is 0 Å². The van der Waals surface area contributed by atoms with E-state index in [1.807, 2.05) is 6.92 Å². The summed E-state index contributed by atoms with van der Waals surface area (Å²) in [5.74, 6) is -0.0780. The van der Waals surface area contributed by atoms with Gasteiger partial charge in [-0.2, -0.15) is 5.10 Å². The number of benzene rings is 1. The van der Waals surface area contributed by atoms with Gasteiger partial charge in [-0.05, 0) is 24.6 Å². The zero-order chi connectivity index (χ0) is 11.5. The first-order chi connectivity index (χ1) is 7.66. The fraction of sp³-hybridized carbons (Fsp3) is 0.182. The van der Waals surface area contributed by atoms with Crippen LogP contribution in [0.5, 0.6) is 0 Å². The number of hydrogen-bond donors (Lipinski definition) is 1. The van der Waals surface area contributed by atoms with Crippen LogP contribution in [0.15, 0.2) is 30.6 Å². The second kappa shape index (κ2) is 4.14. The van der Waals surface area contributed by atoms with Crippen molar-refractivity contribution in [2.45, 2.75) is 13.5 Å². The van der Waals surface area contributed by atoms with Gasteiger partial charge in [-0.3, -0.25) is 0 Å². The molecule has 2 rings (SSSR count). The van der Waals surface area contributed by atoms with Gasteiger partial charge in [-0.25, -0.2) is 14.5 Å². The molecule has 0 unspecified atom stereocenters. The highest BCUT2D eigenvalue weighted by atomic mass is 16.4. The average molecular weight is 217 g/mol. The first-order valence-electron chi connectivity index (χ1n) is 4.83. The Labute approximate surface area is 92.4 Å². The lowest BCUT2D eigenvalue weighted by Crippen LogP contribution is -2.04. The van der Waals surface area contributed by atoms with Gasteiger partial charge >= 0.3 is 5.97 Å². The van der Waals surface area contributed by atoms with Gasteiger partial charge in [0.15, 0.2) is 0 Å². The first-order valence-corrected chi connectivity index (χ1v) is 4.83. The first kappa shape index (κ1) is 10.4. The van der Waals surface area contributed by atoms with E-state index in [0.717, 1.165) is 11.4 Å². The molecule has 1 aromatic carbocycles. The van der Waals surface area contributed by atoms with Crippen molar-refractivity contribution in [1.29, 1.82) is 0 Å². The summed E-state index contributed by atoms with van der Waals surface area (Å²) >= 11 is 0. The third-order valence-electron chi connectivity index (χ3n) is 2.34. The third kappa shape index (κ3) is 2.08. The number of aryl methyl sites for hydroxylation is 1. The molecule has 1 N–H and O–H groups in total. The second-order valence-corrected chi connectivity index (χ2v) is 3.47. The fourth-order valence-corrected chi connectivity index (χ4v) is 1.40. The summed E-state index contributed by atoms with van der Waals surface area (Å²) in [5, 5.41) is 12.8. The van der Waals surface area contributed by atoms with E-state index >= 15 is 0 Å². The van der Waals surface area contributed by atoms with Crippen molar-refractivity contribution in [1.82, 2.24) is 14.8 Å². The van der Waals surface area contributed by atoms with Crippen LogP contribution in [-0.2, 0) is 6.54 Å². The van der Waals surface area contributed by atoms with Gasteiger partial charge in [0.05, 0.1) is 12.1 Å². The summed E-state index contributed by atoms with van der Waals surface area (Å²) in [6.45, 7) is 2.48. The van der Waals surface area contributed by atoms with E-state index < -0.39 is 5.97 Å². The maximum Gasteiger partial charge on any atom is 0.335 e. The van der Waals surface area contributed by atoms with Crippen LogP contribution in [0.1, 0.15) is 21.7 Å². The van der Waals surface area contributed by atoms with E-state index in [-0.39, 0.29) is 0 Å². The lowest BCUT2D eigenvalue weighted by Gasteiger charge is -2.03. The molecule has 0 aliphatic carbocycles. The van der Waals surface area contributed by atoms with Crippen molar-refractivity contribution >= 4 is 5.97 Å². The number of aromatic nitrogens is 3. The van der Waals surface area contributed by atoms with Crippen molar-refractivity contribution in [3.05, 3.63) is 47.5 Å². The molecule has 0 saturated heterocycles. The molecule has 0 aliphatic heterocycles. The zero-order valence-electron chi connectivity index (χ0n) is 8.79. The van der Waals surface area contributed by atoms with Crippen molar-refractivity contribution in [3.63, 3.8) is 0 Å². The molecule has 0 aliphatic rings. The molecule has 1 heterocycles. The summed E-state index contributed by atoms with van der Waals surface area (Å²) in [6, 6.07) is 6.74. The molecule has 2 aromatic rings. The van der Waals surface area contributed by atoms with Gasteiger partial charge in [0.1, 0.15) is 12.2 Å². The molecular formula is C11H11N3O2. The Kier molecular flexibility index (Phi) is 2.68. The number of hydrogen-bond acceptors (Lipinski definition) is 3. The average Bonchev–Trinajstić information content (AvgIpc) is 2.65. The Morgan fingerprint density at radius 3 is 2.56 bits per heavy atom. The Hall–Kier alpha value is -2.17. The molecule has 0 spiro atoms. The number of nitrogens with zero attached hydrogens (tertiary/aromatic N) is 3. The van der Waals surface area contributed by atoms with Gasteiger partial charge in [0.25, 0.3) is 0 Å². The van der Waals surface area contributed by atoms with E-state index in [1.165, 1.54) is 6.33 Å². The number of carboxylic acids is 1. The molecule has 1 aromatic heterocycles. The molecule has 0 amide bonds. The van der Waals surface area contributed by atoms with E-state index in [0.29, 0.717) is 12.1 Å². The molecule has 82 valence electrons. The van der Waals surface area contributed by atoms with Crippen LogP contribution in [0.4, 0.5) is 0 Å². The summed E-state index contributed by atoms with van der Waals surface area (Å²) < 4.78 is 1.76. The number of carbonyl (C=O) groups is 1. The largest absolute Gasteiger partial charge is 0.478 e. The maximum absolute atomic E-state index is 10.7. The summed E-state index contributed by atoms with van der Waals surface area (Å²) in [4.78, 5) is 14.7. The van der Waals surface area contributed by atoms with Crippen molar-refractivity contribution in [2.75, 3.05) is 0 Å². The van der Waals surface area contributed by atoms with Crippen LogP contribution in [0.3, 0.4) is 0 Å². The second-order valence-electron chi connectivity index (χ2n) is 3.47. The Bertz CT molecular complexity index is 502. The molecule has 0 fully saturated rings. The number of carboxylic acid groups (broad SMARTS) is 1. The van der Waals surface area contributed by atoms with Crippen molar-refractivity contribution < 1.29 is 9.90 Å². The van der Waals surface area contributed by atoms with E-state index in [2.05, 4.69) is 10.1 Å².